The Morgan fingerprint density at radius 1 is 1.42 bits per heavy atom. The molecule has 0 bridgehead atoms. The van der Waals surface area contributed by atoms with E-state index < -0.39 is 30.3 Å². The van der Waals surface area contributed by atoms with Gasteiger partial charge in [-0.3, -0.25) is 9.59 Å². The molecule has 104 valence electrons. The van der Waals surface area contributed by atoms with Crippen molar-refractivity contribution in [2.75, 3.05) is 6.61 Å². The van der Waals surface area contributed by atoms with Crippen LogP contribution in [0, 0.1) is 0 Å². The summed E-state index contributed by atoms with van der Waals surface area (Å²) in [6.45, 7) is -0.340. The molecule has 19 heavy (non-hydrogen) atoms. The van der Waals surface area contributed by atoms with Gasteiger partial charge in [-0.05, 0) is 6.07 Å². The lowest BCUT2D eigenvalue weighted by molar-refractivity contribution is -0.0447. The van der Waals surface area contributed by atoms with Crippen LogP contribution in [0.25, 0.3) is 0 Å². The van der Waals surface area contributed by atoms with Crippen molar-refractivity contribution in [3.05, 3.63) is 23.5 Å². The number of carbonyl (C=O) groups is 2. The van der Waals surface area contributed by atoms with E-state index in [-0.39, 0.29) is 24.3 Å². The molecule has 1 aromatic rings. The van der Waals surface area contributed by atoms with Gasteiger partial charge in [0.05, 0.1) is 18.3 Å². The molecule has 1 saturated heterocycles. The van der Waals surface area contributed by atoms with Crippen LogP contribution in [-0.4, -0.2) is 45.4 Å². The average molecular weight is 269 g/mol. The summed E-state index contributed by atoms with van der Waals surface area (Å²) in [5, 5.41) is 18.7. The van der Waals surface area contributed by atoms with Gasteiger partial charge in [0.1, 0.15) is 18.0 Å². The average Bonchev–Trinajstić information content (AvgIpc) is 2.91. The minimum Gasteiger partial charge on any atom is -0.394 e. The van der Waals surface area contributed by atoms with Crippen LogP contribution in [0.3, 0.4) is 0 Å². The number of aliphatic hydroxyl groups excluding tert-OH is 2. The van der Waals surface area contributed by atoms with Crippen LogP contribution in [0.15, 0.2) is 12.3 Å². The molecule has 1 fully saturated rings. The predicted molar refractivity (Wildman–Crippen MR) is 63.1 cm³/mol. The molecule has 2 heterocycles. The Hall–Kier alpha value is -1.90. The largest absolute Gasteiger partial charge is 0.394 e. The smallest absolute Gasteiger partial charge is 0.265 e. The molecule has 8 nitrogen and oxygen atoms in total. The molecule has 3 unspecified atom stereocenters. The second-order valence-corrected chi connectivity index (χ2v) is 4.36. The van der Waals surface area contributed by atoms with Gasteiger partial charge >= 0.3 is 0 Å². The third-order valence-electron chi connectivity index (χ3n) is 3.08. The van der Waals surface area contributed by atoms with Crippen LogP contribution < -0.4 is 11.5 Å². The van der Waals surface area contributed by atoms with E-state index in [1.54, 1.807) is 0 Å². The number of hydrogen-bond acceptors (Lipinski definition) is 5. The Balaban J connectivity index is 2.34. The normalized spacial score (nSPS) is 26.5. The van der Waals surface area contributed by atoms with Crippen LogP contribution in [-0.2, 0) is 4.74 Å². The zero-order valence-corrected chi connectivity index (χ0v) is 10.0. The van der Waals surface area contributed by atoms with Crippen molar-refractivity contribution >= 4 is 11.8 Å². The molecule has 0 aliphatic carbocycles. The predicted octanol–water partition coefficient (Wildman–Crippen LogP) is -1.67. The molecule has 2 rings (SSSR count). The highest BCUT2D eigenvalue weighted by Gasteiger charge is 2.35. The Labute approximate surface area is 108 Å². The Kier molecular flexibility index (Phi) is 3.56. The number of carbonyl (C=O) groups excluding carboxylic acids is 2. The third kappa shape index (κ3) is 2.46. The first-order chi connectivity index (χ1) is 8.93. The zero-order valence-electron chi connectivity index (χ0n) is 10.0. The number of nitrogens with two attached hydrogens (primary N) is 2. The third-order valence-corrected chi connectivity index (χ3v) is 3.08. The molecular weight excluding hydrogens is 254 g/mol. The van der Waals surface area contributed by atoms with Crippen LogP contribution in [0.5, 0.6) is 0 Å². The maximum absolute atomic E-state index is 11.3. The minimum atomic E-state index is -0.852. The number of nitrogens with zero attached hydrogens (tertiary/aromatic N) is 1. The van der Waals surface area contributed by atoms with Crippen molar-refractivity contribution in [1.29, 1.82) is 0 Å². The van der Waals surface area contributed by atoms with Crippen LogP contribution >= 0.6 is 0 Å². The fourth-order valence-electron chi connectivity index (χ4n) is 2.10. The Morgan fingerprint density at radius 2 is 2.11 bits per heavy atom. The van der Waals surface area contributed by atoms with E-state index in [0.29, 0.717) is 0 Å². The zero-order chi connectivity index (χ0) is 14.2. The lowest BCUT2D eigenvalue weighted by atomic mass is 10.2. The minimum absolute atomic E-state index is 0.0598. The molecule has 0 radical (unpaired) electrons. The van der Waals surface area contributed by atoms with Crippen molar-refractivity contribution in [1.82, 2.24) is 4.57 Å². The number of aromatic nitrogens is 1. The standard InChI is InChI=1S/C11H15N3O5/c12-10(17)5-1-6(11(13)18)14(3-5)9-2-7(16)8(4-15)19-9/h1,3,7-9,15-16H,2,4H2,(H2,12,17)(H2,13,18). The number of hydrogen-bond donors (Lipinski definition) is 4. The Morgan fingerprint density at radius 3 is 2.58 bits per heavy atom. The maximum atomic E-state index is 11.3. The van der Waals surface area contributed by atoms with Gasteiger partial charge in [-0.25, -0.2) is 0 Å². The summed E-state index contributed by atoms with van der Waals surface area (Å²) in [4.78, 5) is 22.4. The SMILES string of the molecule is NC(=O)c1cc(C(N)=O)n(C2CC(O)C(CO)O2)c1. The number of rotatable bonds is 4. The summed E-state index contributed by atoms with van der Waals surface area (Å²) in [5.41, 5.74) is 10.5. The van der Waals surface area contributed by atoms with Gasteiger partial charge in [0.2, 0.25) is 5.91 Å². The van der Waals surface area contributed by atoms with E-state index >= 15 is 0 Å². The molecular formula is C11H15N3O5. The van der Waals surface area contributed by atoms with Crippen LogP contribution in [0.4, 0.5) is 0 Å². The van der Waals surface area contributed by atoms with Crippen LogP contribution in [0.1, 0.15) is 33.5 Å². The van der Waals surface area contributed by atoms with E-state index in [1.807, 2.05) is 0 Å². The summed E-state index contributed by atoms with van der Waals surface area (Å²) in [6, 6.07) is 1.27. The van der Waals surface area contributed by atoms with E-state index in [2.05, 4.69) is 0 Å². The molecule has 2 amide bonds. The number of primary amides is 2. The number of aliphatic hydroxyl groups is 2. The van der Waals surface area contributed by atoms with Gasteiger partial charge in [-0.1, -0.05) is 0 Å². The molecule has 1 aromatic heterocycles. The highest BCUT2D eigenvalue weighted by atomic mass is 16.5. The van der Waals surface area contributed by atoms with E-state index in [9.17, 15) is 14.7 Å². The fourth-order valence-corrected chi connectivity index (χ4v) is 2.10. The molecule has 0 saturated carbocycles. The van der Waals surface area contributed by atoms with Gasteiger partial charge in [0.15, 0.2) is 0 Å². The van der Waals surface area contributed by atoms with Crippen molar-refractivity contribution < 1.29 is 24.5 Å². The molecule has 3 atom stereocenters. The molecule has 8 heteroatoms. The van der Waals surface area contributed by atoms with Crippen LogP contribution in [0.2, 0.25) is 0 Å². The first-order valence-corrected chi connectivity index (χ1v) is 5.70. The van der Waals surface area contributed by atoms with Gasteiger partial charge in [-0.15, -0.1) is 0 Å². The van der Waals surface area contributed by atoms with Crippen molar-refractivity contribution in [3.63, 3.8) is 0 Å². The molecule has 0 spiro atoms. The number of ether oxygens (including phenoxy) is 1. The second-order valence-electron chi connectivity index (χ2n) is 4.36. The van der Waals surface area contributed by atoms with Gasteiger partial charge in [0, 0.05) is 12.6 Å². The van der Waals surface area contributed by atoms with Gasteiger partial charge < -0.3 is 31.0 Å². The number of amides is 2. The molecule has 6 N–H and O–H groups in total. The topological polar surface area (TPSA) is 141 Å². The van der Waals surface area contributed by atoms with Gasteiger partial charge in [-0.2, -0.15) is 0 Å². The first kappa shape index (κ1) is 13.5. The lowest BCUT2D eigenvalue weighted by Crippen LogP contribution is -2.24. The molecule has 1 aliphatic rings. The highest BCUT2D eigenvalue weighted by molar-refractivity contribution is 5.98. The molecule has 0 aromatic carbocycles. The monoisotopic (exact) mass is 269 g/mol. The van der Waals surface area contributed by atoms with E-state index in [4.69, 9.17) is 21.3 Å². The first-order valence-electron chi connectivity index (χ1n) is 5.70. The van der Waals surface area contributed by atoms with E-state index in [1.165, 1.54) is 16.8 Å². The summed E-state index contributed by atoms with van der Waals surface area (Å²) >= 11 is 0. The summed E-state index contributed by atoms with van der Waals surface area (Å²) in [5.74, 6) is -1.43. The quantitative estimate of drug-likeness (QED) is 0.517. The van der Waals surface area contributed by atoms with Crippen molar-refractivity contribution in [2.45, 2.75) is 24.9 Å². The summed E-state index contributed by atoms with van der Waals surface area (Å²) in [7, 11) is 0. The maximum Gasteiger partial charge on any atom is 0.265 e. The van der Waals surface area contributed by atoms with Crippen molar-refractivity contribution in [3.8, 4) is 0 Å². The summed E-state index contributed by atoms with van der Waals surface area (Å²) < 4.78 is 6.74. The second kappa shape index (κ2) is 5.00. The lowest BCUT2D eigenvalue weighted by Gasteiger charge is -2.15. The summed E-state index contributed by atoms with van der Waals surface area (Å²) in [6.07, 6.45) is -0.735. The van der Waals surface area contributed by atoms with E-state index in [0.717, 1.165) is 0 Å². The van der Waals surface area contributed by atoms with Crippen molar-refractivity contribution in [2.24, 2.45) is 11.5 Å². The Bertz CT molecular complexity index is 512. The highest BCUT2D eigenvalue weighted by Crippen LogP contribution is 2.30. The fraction of sp³-hybridized carbons (Fsp3) is 0.455. The molecule has 1 aliphatic heterocycles. The van der Waals surface area contributed by atoms with Gasteiger partial charge in [0.25, 0.3) is 5.91 Å².